The van der Waals surface area contributed by atoms with Gasteiger partial charge in [0, 0.05) is 0 Å². The lowest BCUT2D eigenvalue weighted by atomic mass is 10.1. The number of allylic oxidation sites excluding steroid dienone is 1. The first kappa shape index (κ1) is 12.1. The Morgan fingerprint density at radius 1 is 1.50 bits per heavy atom. The number of carboxylic acids is 1. The summed E-state index contributed by atoms with van der Waals surface area (Å²) < 4.78 is 24.3. The van der Waals surface area contributed by atoms with Crippen molar-refractivity contribution in [3.63, 3.8) is 0 Å². The first-order valence-electron chi connectivity index (χ1n) is 4.33. The van der Waals surface area contributed by atoms with E-state index in [2.05, 4.69) is 10.9 Å². The highest BCUT2D eigenvalue weighted by molar-refractivity contribution is 7.61. The van der Waals surface area contributed by atoms with Crippen LogP contribution in [-0.4, -0.2) is 19.5 Å². The lowest BCUT2D eigenvalue weighted by molar-refractivity contribution is 0.0698. The number of rotatable bonds is 4. The van der Waals surface area contributed by atoms with Gasteiger partial charge in [0.05, 0.1) is 11.3 Å². The molecule has 5 nitrogen and oxygen atoms in total. The van der Waals surface area contributed by atoms with Gasteiger partial charge in [-0.05, 0) is 18.1 Å². The molecule has 0 unspecified atom stereocenters. The largest absolute Gasteiger partial charge is 0.478 e. The molecule has 0 bridgehead atoms. The lowest BCUT2D eigenvalue weighted by Gasteiger charge is -2.04. The minimum Gasteiger partial charge on any atom is -0.478 e. The van der Waals surface area contributed by atoms with Gasteiger partial charge in [-0.2, -0.15) is 8.42 Å². The molecule has 1 N–H and O–H groups in total. The van der Waals surface area contributed by atoms with Crippen LogP contribution in [0.2, 0.25) is 0 Å². The van der Waals surface area contributed by atoms with Crippen molar-refractivity contribution in [3.8, 4) is 0 Å². The second kappa shape index (κ2) is 5.22. The molecular weight excluding hydrogens is 230 g/mol. The van der Waals surface area contributed by atoms with Crippen molar-refractivity contribution < 1.29 is 18.3 Å². The summed E-state index contributed by atoms with van der Waals surface area (Å²) in [6.07, 6.45) is 1.91. The van der Waals surface area contributed by atoms with Gasteiger partial charge in [-0.15, -0.1) is 10.9 Å². The third kappa shape index (κ3) is 2.77. The molecular formula is C10H9NO4S. The topological polar surface area (TPSA) is 83.8 Å². The number of nitrogens with zero attached hydrogens (tertiary/aromatic N) is 1. The van der Waals surface area contributed by atoms with Crippen molar-refractivity contribution in [1.29, 1.82) is 0 Å². The molecule has 0 amide bonds. The molecule has 0 aliphatic carbocycles. The predicted molar refractivity (Wildman–Crippen MR) is 58.3 cm³/mol. The second-order valence-electron chi connectivity index (χ2n) is 2.92. The third-order valence-corrected chi connectivity index (χ3v) is 2.21. The molecule has 0 atom stereocenters. The van der Waals surface area contributed by atoms with E-state index in [1.165, 1.54) is 12.1 Å². The first-order chi connectivity index (χ1) is 7.56. The summed E-state index contributed by atoms with van der Waals surface area (Å²) in [5.41, 5.74) is 0.339. The molecule has 0 heterocycles. The summed E-state index contributed by atoms with van der Waals surface area (Å²) >= 11 is 0. The summed E-state index contributed by atoms with van der Waals surface area (Å²) in [5.74, 6) is -1.21. The van der Waals surface area contributed by atoms with Gasteiger partial charge in [0.2, 0.25) is 0 Å². The van der Waals surface area contributed by atoms with Crippen LogP contribution in [0.25, 0.3) is 0 Å². The molecule has 0 radical (unpaired) electrons. The van der Waals surface area contributed by atoms with Crippen LogP contribution in [0.5, 0.6) is 0 Å². The van der Waals surface area contributed by atoms with Crippen LogP contribution in [0, 0.1) is 0 Å². The van der Waals surface area contributed by atoms with Crippen LogP contribution in [0.15, 0.2) is 35.2 Å². The normalized spacial score (nSPS) is 9.50. The van der Waals surface area contributed by atoms with Crippen molar-refractivity contribution in [1.82, 2.24) is 0 Å². The summed E-state index contributed by atoms with van der Waals surface area (Å²) in [7, 11) is -2.68. The van der Waals surface area contributed by atoms with E-state index in [-0.39, 0.29) is 11.3 Å². The highest BCUT2D eigenvalue weighted by Crippen LogP contribution is 2.25. The van der Waals surface area contributed by atoms with Crippen molar-refractivity contribution in [2.24, 2.45) is 4.36 Å². The van der Waals surface area contributed by atoms with E-state index in [4.69, 9.17) is 5.11 Å². The standard InChI is InChI=1S/C10H9NO4S/c1-2-4-7-5-3-6-8(10(12)13)9(7)11-16(14)15/h2-3,5-6H,1,4H2,(H,12,13). The van der Waals surface area contributed by atoms with Crippen LogP contribution in [-0.2, 0) is 16.9 Å². The van der Waals surface area contributed by atoms with Gasteiger partial charge in [-0.25, -0.2) is 4.79 Å². The van der Waals surface area contributed by atoms with Gasteiger partial charge in [-0.3, -0.25) is 0 Å². The van der Waals surface area contributed by atoms with Crippen LogP contribution >= 0.6 is 0 Å². The minimum absolute atomic E-state index is 0.0387. The molecule has 0 fully saturated rings. The Morgan fingerprint density at radius 3 is 2.69 bits per heavy atom. The molecule has 1 aromatic rings. The monoisotopic (exact) mass is 239 g/mol. The van der Waals surface area contributed by atoms with Crippen LogP contribution in [0.4, 0.5) is 5.69 Å². The van der Waals surface area contributed by atoms with Crippen molar-refractivity contribution in [2.75, 3.05) is 0 Å². The fourth-order valence-corrected chi connectivity index (χ4v) is 1.63. The van der Waals surface area contributed by atoms with Crippen LogP contribution in [0.1, 0.15) is 15.9 Å². The van der Waals surface area contributed by atoms with E-state index in [9.17, 15) is 13.2 Å². The molecule has 0 saturated carbocycles. The average Bonchev–Trinajstić information content (AvgIpc) is 2.19. The van der Waals surface area contributed by atoms with Crippen molar-refractivity contribution in [2.45, 2.75) is 6.42 Å². The van der Waals surface area contributed by atoms with E-state index in [0.29, 0.717) is 12.0 Å². The molecule has 16 heavy (non-hydrogen) atoms. The van der Waals surface area contributed by atoms with Gasteiger partial charge in [0.15, 0.2) is 0 Å². The minimum atomic E-state index is -2.68. The molecule has 1 aromatic carbocycles. The van der Waals surface area contributed by atoms with Crippen molar-refractivity contribution >= 4 is 22.2 Å². The molecule has 0 aliphatic heterocycles. The number of aromatic carboxylic acids is 1. The van der Waals surface area contributed by atoms with E-state index in [1.54, 1.807) is 12.1 Å². The maximum Gasteiger partial charge on any atom is 0.337 e. The molecule has 1 rings (SSSR count). The van der Waals surface area contributed by atoms with Gasteiger partial charge in [0.25, 0.3) is 0 Å². The van der Waals surface area contributed by atoms with Crippen LogP contribution < -0.4 is 0 Å². The predicted octanol–water partition coefficient (Wildman–Crippen LogP) is 1.81. The molecule has 0 saturated heterocycles. The molecule has 6 heteroatoms. The SMILES string of the molecule is C=CCc1cccc(C(=O)O)c1N=S(=O)=O. The Morgan fingerprint density at radius 2 is 2.19 bits per heavy atom. The van der Waals surface area contributed by atoms with E-state index in [0.717, 1.165) is 0 Å². The third-order valence-electron chi connectivity index (χ3n) is 1.88. The number of hydrogen-bond donors (Lipinski definition) is 1. The van der Waals surface area contributed by atoms with E-state index < -0.39 is 16.5 Å². The zero-order valence-corrected chi connectivity index (χ0v) is 9.07. The Bertz CT molecular complexity index is 552. The molecule has 0 spiro atoms. The number of carboxylic acid groups (broad SMARTS) is 1. The second-order valence-corrected chi connectivity index (χ2v) is 3.54. The first-order valence-corrected chi connectivity index (χ1v) is 5.36. The maximum absolute atomic E-state index is 10.9. The summed E-state index contributed by atoms with van der Waals surface area (Å²) in [4.78, 5) is 10.9. The Kier molecular flexibility index (Phi) is 3.96. The van der Waals surface area contributed by atoms with Gasteiger partial charge in [0.1, 0.15) is 0 Å². The summed E-state index contributed by atoms with van der Waals surface area (Å²) in [6.45, 7) is 3.51. The average molecular weight is 239 g/mol. The van der Waals surface area contributed by atoms with Gasteiger partial charge < -0.3 is 5.11 Å². The number of carbonyl (C=O) groups is 1. The smallest absolute Gasteiger partial charge is 0.337 e. The molecule has 84 valence electrons. The zero-order valence-electron chi connectivity index (χ0n) is 8.25. The number of hydrogen-bond acceptors (Lipinski definition) is 4. The van der Waals surface area contributed by atoms with E-state index in [1.807, 2.05) is 0 Å². The quantitative estimate of drug-likeness (QED) is 0.812. The summed E-state index contributed by atoms with van der Waals surface area (Å²) in [6, 6.07) is 4.45. The van der Waals surface area contributed by atoms with Crippen LogP contribution in [0.3, 0.4) is 0 Å². The molecule has 0 aliphatic rings. The van der Waals surface area contributed by atoms with E-state index >= 15 is 0 Å². The Labute approximate surface area is 93.8 Å². The zero-order chi connectivity index (χ0) is 12.1. The van der Waals surface area contributed by atoms with Gasteiger partial charge >= 0.3 is 16.5 Å². The summed E-state index contributed by atoms with van der Waals surface area (Å²) in [5, 5.41) is 8.88. The Balaban J connectivity index is 3.52. The van der Waals surface area contributed by atoms with Crippen molar-refractivity contribution in [3.05, 3.63) is 42.0 Å². The Hall–Kier alpha value is -1.95. The lowest BCUT2D eigenvalue weighted by Crippen LogP contribution is -1.98. The fraction of sp³-hybridized carbons (Fsp3) is 0.100. The maximum atomic E-state index is 10.9. The fourth-order valence-electron chi connectivity index (χ4n) is 1.27. The molecule has 0 aromatic heterocycles. The highest BCUT2D eigenvalue weighted by atomic mass is 32.2. The van der Waals surface area contributed by atoms with Gasteiger partial charge in [-0.1, -0.05) is 18.2 Å². The highest BCUT2D eigenvalue weighted by Gasteiger charge is 2.13. The number of benzene rings is 1.